The van der Waals surface area contributed by atoms with E-state index in [1.807, 2.05) is 0 Å². The first-order valence-corrected chi connectivity index (χ1v) is 4.92. The van der Waals surface area contributed by atoms with Crippen LogP contribution in [0.25, 0.3) is 0 Å². The lowest BCUT2D eigenvalue weighted by Crippen LogP contribution is -2.36. The molecule has 0 unspecified atom stereocenters. The highest BCUT2D eigenvalue weighted by atomic mass is 35.5. The second kappa shape index (κ2) is 8.65. The van der Waals surface area contributed by atoms with Crippen molar-refractivity contribution in [3.63, 3.8) is 0 Å². The van der Waals surface area contributed by atoms with Gasteiger partial charge >= 0.3 is 6.03 Å². The van der Waals surface area contributed by atoms with Gasteiger partial charge in [0.25, 0.3) is 0 Å². The number of carbonyl (C=O) groups excluding carboxylic acids is 1. The fourth-order valence-electron chi connectivity index (χ4n) is 0.800. The third kappa shape index (κ3) is 7.66. The van der Waals surface area contributed by atoms with Gasteiger partial charge in [-0.1, -0.05) is 19.8 Å². The van der Waals surface area contributed by atoms with Crippen molar-refractivity contribution in [3.05, 3.63) is 0 Å². The van der Waals surface area contributed by atoms with Crippen LogP contribution in [0.15, 0.2) is 0 Å². The number of urea groups is 1. The van der Waals surface area contributed by atoms with E-state index in [9.17, 15) is 4.79 Å². The van der Waals surface area contributed by atoms with Gasteiger partial charge in [0.1, 0.15) is 0 Å². The molecule has 0 aliphatic heterocycles. The average Bonchev–Trinajstić information content (AvgIpc) is 2.09. The first kappa shape index (κ1) is 11.6. The topological polar surface area (TPSA) is 41.1 Å². The summed E-state index contributed by atoms with van der Waals surface area (Å²) in [5, 5.41) is 5.37. The van der Waals surface area contributed by atoms with Gasteiger partial charge < -0.3 is 10.6 Å². The summed E-state index contributed by atoms with van der Waals surface area (Å²) in [6.45, 7) is 3.41. The minimum absolute atomic E-state index is 0.119. The first-order chi connectivity index (χ1) is 5.81. The maximum atomic E-state index is 10.9. The van der Waals surface area contributed by atoms with E-state index < -0.39 is 0 Å². The van der Waals surface area contributed by atoms with Gasteiger partial charge in [0, 0.05) is 19.0 Å². The van der Waals surface area contributed by atoms with Gasteiger partial charge in [0.2, 0.25) is 0 Å². The molecule has 0 saturated carbocycles. The van der Waals surface area contributed by atoms with Crippen molar-refractivity contribution < 1.29 is 4.79 Å². The molecular formula is C8H17ClN2O. The lowest BCUT2D eigenvalue weighted by molar-refractivity contribution is 0.241. The number of hydrogen-bond donors (Lipinski definition) is 2. The van der Waals surface area contributed by atoms with Gasteiger partial charge in [0.05, 0.1) is 0 Å². The van der Waals surface area contributed by atoms with Crippen molar-refractivity contribution in [1.82, 2.24) is 10.6 Å². The highest BCUT2D eigenvalue weighted by Crippen LogP contribution is 1.90. The van der Waals surface area contributed by atoms with Crippen LogP contribution >= 0.6 is 11.6 Å². The number of unbranched alkanes of at least 4 members (excludes halogenated alkanes) is 2. The molecule has 0 aliphatic rings. The highest BCUT2D eigenvalue weighted by Gasteiger charge is 1.95. The summed E-state index contributed by atoms with van der Waals surface area (Å²) in [6, 6.07) is -0.119. The highest BCUT2D eigenvalue weighted by molar-refractivity contribution is 6.18. The van der Waals surface area contributed by atoms with Crippen LogP contribution in [0.3, 0.4) is 0 Å². The van der Waals surface area contributed by atoms with Crippen LogP contribution in [0.4, 0.5) is 4.79 Å². The number of halogens is 1. The van der Waals surface area contributed by atoms with E-state index in [0.29, 0.717) is 12.4 Å². The minimum atomic E-state index is -0.119. The molecule has 0 heterocycles. The van der Waals surface area contributed by atoms with Crippen LogP contribution in [0, 0.1) is 0 Å². The molecule has 0 aromatic heterocycles. The smallest absolute Gasteiger partial charge is 0.314 e. The molecule has 0 rings (SSSR count). The first-order valence-electron chi connectivity index (χ1n) is 4.39. The standard InChI is InChI=1S/C8H17ClN2O/c1-2-3-4-6-10-8(12)11-7-5-9/h2-7H2,1H3,(H2,10,11,12). The molecule has 0 bridgehead atoms. The number of rotatable bonds is 6. The quantitative estimate of drug-likeness (QED) is 0.488. The van der Waals surface area contributed by atoms with Gasteiger partial charge in [-0.05, 0) is 6.42 Å². The molecule has 0 aromatic carbocycles. The molecule has 72 valence electrons. The molecule has 0 spiro atoms. The number of amides is 2. The summed E-state index contributed by atoms with van der Waals surface area (Å²) in [5.41, 5.74) is 0. The zero-order chi connectivity index (χ0) is 9.23. The van der Waals surface area contributed by atoms with Crippen LogP contribution in [0.5, 0.6) is 0 Å². The Hall–Kier alpha value is -0.440. The third-order valence-corrected chi connectivity index (χ3v) is 1.63. The summed E-state index contributed by atoms with van der Waals surface area (Å²) >= 11 is 5.39. The van der Waals surface area contributed by atoms with Gasteiger partial charge in [-0.15, -0.1) is 11.6 Å². The molecule has 0 fully saturated rings. The summed E-state index contributed by atoms with van der Waals surface area (Å²) in [4.78, 5) is 10.9. The van der Waals surface area contributed by atoms with Gasteiger partial charge in [-0.3, -0.25) is 0 Å². The lowest BCUT2D eigenvalue weighted by atomic mass is 10.2. The Balaban J connectivity index is 3.08. The zero-order valence-electron chi connectivity index (χ0n) is 7.53. The summed E-state index contributed by atoms with van der Waals surface area (Å²) in [7, 11) is 0. The molecule has 0 radical (unpaired) electrons. The number of alkyl halides is 1. The molecule has 12 heavy (non-hydrogen) atoms. The van der Waals surface area contributed by atoms with E-state index in [1.54, 1.807) is 0 Å². The van der Waals surface area contributed by atoms with E-state index in [0.717, 1.165) is 19.4 Å². The molecule has 4 heteroatoms. The van der Waals surface area contributed by atoms with Crippen LogP contribution in [-0.2, 0) is 0 Å². The predicted molar refractivity (Wildman–Crippen MR) is 51.6 cm³/mol. The van der Waals surface area contributed by atoms with Crippen molar-refractivity contribution in [2.24, 2.45) is 0 Å². The van der Waals surface area contributed by atoms with E-state index >= 15 is 0 Å². The van der Waals surface area contributed by atoms with Crippen molar-refractivity contribution >= 4 is 17.6 Å². The fraction of sp³-hybridized carbons (Fsp3) is 0.875. The van der Waals surface area contributed by atoms with Crippen LogP contribution < -0.4 is 10.6 Å². The molecule has 2 amide bonds. The Morgan fingerprint density at radius 2 is 1.92 bits per heavy atom. The molecule has 0 saturated heterocycles. The number of hydrogen-bond acceptors (Lipinski definition) is 1. The van der Waals surface area contributed by atoms with Gasteiger partial charge in [-0.25, -0.2) is 4.79 Å². The van der Waals surface area contributed by atoms with Gasteiger partial charge in [0.15, 0.2) is 0 Å². The molecule has 3 nitrogen and oxygen atoms in total. The SMILES string of the molecule is CCCCCNC(=O)NCCCl. The second-order valence-electron chi connectivity index (χ2n) is 2.58. The summed E-state index contributed by atoms with van der Waals surface area (Å²) in [5.74, 6) is 0.461. The average molecular weight is 193 g/mol. The largest absolute Gasteiger partial charge is 0.338 e. The normalized spacial score (nSPS) is 9.50. The Morgan fingerprint density at radius 3 is 2.50 bits per heavy atom. The Labute approximate surface area is 78.9 Å². The predicted octanol–water partition coefficient (Wildman–Crippen LogP) is 1.71. The summed E-state index contributed by atoms with van der Waals surface area (Å²) < 4.78 is 0. The van der Waals surface area contributed by atoms with Crippen LogP contribution in [-0.4, -0.2) is 25.0 Å². The third-order valence-electron chi connectivity index (χ3n) is 1.45. The number of carbonyl (C=O) groups is 1. The van der Waals surface area contributed by atoms with E-state index in [4.69, 9.17) is 11.6 Å². The Bertz CT molecular complexity index is 120. The van der Waals surface area contributed by atoms with Crippen molar-refractivity contribution in [2.75, 3.05) is 19.0 Å². The van der Waals surface area contributed by atoms with Gasteiger partial charge in [-0.2, -0.15) is 0 Å². The van der Waals surface area contributed by atoms with Crippen LogP contribution in [0.1, 0.15) is 26.2 Å². The Morgan fingerprint density at radius 1 is 1.25 bits per heavy atom. The zero-order valence-corrected chi connectivity index (χ0v) is 8.28. The van der Waals surface area contributed by atoms with E-state index in [1.165, 1.54) is 6.42 Å². The molecule has 0 aliphatic carbocycles. The van der Waals surface area contributed by atoms with Crippen molar-refractivity contribution in [2.45, 2.75) is 26.2 Å². The van der Waals surface area contributed by atoms with E-state index in [-0.39, 0.29) is 6.03 Å². The second-order valence-corrected chi connectivity index (χ2v) is 2.96. The fourth-order valence-corrected chi connectivity index (χ4v) is 0.895. The summed E-state index contributed by atoms with van der Waals surface area (Å²) in [6.07, 6.45) is 3.38. The monoisotopic (exact) mass is 192 g/mol. The molecular weight excluding hydrogens is 176 g/mol. The lowest BCUT2D eigenvalue weighted by Gasteiger charge is -2.04. The minimum Gasteiger partial charge on any atom is -0.338 e. The molecule has 0 aromatic rings. The molecule has 2 N–H and O–H groups in total. The molecule has 0 atom stereocenters. The maximum Gasteiger partial charge on any atom is 0.314 e. The maximum absolute atomic E-state index is 10.9. The number of nitrogens with one attached hydrogen (secondary N) is 2. The van der Waals surface area contributed by atoms with E-state index in [2.05, 4.69) is 17.6 Å². The van der Waals surface area contributed by atoms with Crippen molar-refractivity contribution in [1.29, 1.82) is 0 Å². The Kier molecular flexibility index (Phi) is 8.34. The van der Waals surface area contributed by atoms with Crippen LogP contribution in [0.2, 0.25) is 0 Å². The van der Waals surface area contributed by atoms with Crippen molar-refractivity contribution in [3.8, 4) is 0 Å².